The van der Waals surface area contributed by atoms with E-state index < -0.39 is 60.3 Å². The Morgan fingerprint density at radius 1 is 0.909 bits per heavy atom. The van der Waals surface area contributed by atoms with E-state index in [1.54, 1.807) is 30.3 Å². The molecule has 4 N–H and O–H groups in total. The molecule has 0 spiro atoms. The van der Waals surface area contributed by atoms with Crippen LogP contribution in [0.4, 0.5) is 8.78 Å². The molecule has 6 unspecified atom stereocenters. The van der Waals surface area contributed by atoms with Gasteiger partial charge in [-0.1, -0.05) is 145 Å². The van der Waals surface area contributed by atoms with Crippen molar-refractivity contribution in [3.63, 3.8) is 0 Å². The molecule has 1 heterocycles. The van der Waals surface area contributed by atoms with Crippen molar-refractivity contribution in [2.75, 3.05) is 33.2 Å². The average Bonchev–Trinajstić information content (AvgIpc) is 3.80. The summed E-state index contributed by atoms with van der Waals surface area (Å²) in [6, 6.07) is 4.72. The van der Waals surface area contributed by atoms with Gasteiger partial charge >= 0.3 is 0 Å². The highest BCUT2D eigenvalue weighted by atomic mass is 19.3. The Bertz CT molecular complexity index is 1490. The number of carbonyl (C=O) groups excluding carboxylic acids is 5. The summed E-state index contributed by atoms with van der Waals surface area (Å²) in [6.45, 7) is 36.4. The molecule has 1 aromatic rings. The van der Waals surface area contributed by atoms with E-state index in [1.807, 2.05) is 48.5 Å². The van der Waals surface area contributed by atoms with Gasteiger partial charge in [-0.15, -0.1) is 0 Å². The van der Waals surface area contributed by atoms with Crippen molar-refractivity contribution in [2.45, 2.75) is 197 Å². The van der Waals surface area contributed by atoms with Gasteiger partial charge in [0.1, 0.15) is 24.4 Å². The van der Waals surface area contributed by atoms with Crippen LogP contribution in [0, 0.1) is 11.8 Å². The second-order valence-corrected chi connectivity index (χ2v) is 16.8. The Labute approximate surface area is 400 Å². The lowest BCUT2D eigenvalue weighted by Gasteiger charge is -2.34. The van der Waals surface area contributed by atoms with Gasteiger partial charge in [0.25, 0.3) is 0 Å². The lowest BCUT2D eigenvalue weighted by molar-refractivity contribution is -0.141. The fourth-order valence-corrected chi connectivity index (χ4v) is 6.52. The number of ether oxygens (including phenoxy) is 1. The third-order valence-corrected chi connectivity index (χ3v) is 10.6. The van der Waals surface area contributed by atoms with Gasteiger partial charge in [-0.3, -0.25) is 19.2 Å². The summed E-state index contributed by atoms with van der Waals surface area (Å²) in [5, 5.41) is 10.8. The Morgan fingerprint density at radius 2 is 1.48 bits per heavy atom. The van der Waals surface area contributed by atoms with Crippen LogP contribution >= 0.6 is 0 Å². The van der Waals surface area contributed by atoms with E-state index in [2.05, 4.69) is 81.0 Å². The van der Waals surface area contributed by atoms with Crippen LogP contribution in [-0.4, -0.2) is 103 Å². The molecular formula is C52H94F2N6O6. The summed E-state index contributed by atoms with van der Waals surface area (Å²) in [4.78, 5) is 69.1. The van der Waals surface area contributed by atoms with E-state index >= 15 is 0 Å². The third kappa shape index (κ3) is 28.0. The molecule has 382 valence electrons. The van der Waals surface area contributed by atoms with Crippen molar-refractivity contribution in [3.8, 4) is 0 Å². The van der Waals surface area contributed by atoms with Gasteiger partial charge in [-0.25, -0.2) is 8.78 Å². The topological polar surface area (TPSA) is 149 Å². The fourth-order valence-electron chi connectivity index (χ4n) is 6.52. The van der Waals surface area contributed by atoms with Crippen molar-refractivity contribution < 1.29 is 37.5 Å². The van der Waals surface area contributed by atoms with Crippen molar-refractivity contribution in [1.29, 1.82) is 0 Å². The molecule has 0 radical (unpaired) electrons. The predicted molar refractivity (Wildman–Crippen MR) is 269 cm³/mol. The predicted octanol–water partition coefficient (Wildman–Crippen LogP) is 10.2. The molecule has 6 atom stereocenters. The molecule has 2 rings (SSSR count). The second-order valence-electron chi connectivity index (χ2n) is 16.8. The number of benzene rings is 1. The summed E-state index contributed by atoms with van der Waals surface area (Å²) in [5.41, 5.74) is 0.319. The lowest BCUT2D eigenvalue weighted by atomic mass is 9.91. The van der Waals surface area contributed by atoms with Crippen LogP contribution in [0.1, 0.15) is 173 Å². The van der Waals surface area contributed by atoms with E-state index in [0.29, 0.717) is 31.2 Å². The number of alkyl halides is 2. The van der Waals surface area contributed by atoms with Crippen LogP contribution in [-0.2, 0) is 28.7 Å². The van der Waals surface area contributed by atoms with Crippen molar-refractivity contribution >= 4 is 29.9 Å². The zero-order chi connectivity index (χ0) is 51.4. The number of halogens is 2. The number of nitrogens with zero attached hydrogens (tertiary/aromatic N) is 2. The molecule has 1 saturated heterocycles. The maximum Gasteiger partial charge on any atom is 0.249 e. The summed E-state index contributed by atoms with van der Waals surface area (Å²) in [5.74, 6) is -6.67. The van der Waals surface area contributed by atoms with E-state index in [0.717, 1.165) is 32.6 Å². The minimum atomic E-state index is -3.14. The number of unbranched alkanes of at least 4 members (excludes halogenated alkanes) is 3. The molecule has 1 fully saturated rings. The highest BCUT2D eigenvalue weighted by Gasteiger charge is 2.41. The van der Waals surface area contributed by atoms with Crippen molar-refractivity contribution in [3.05, 3.63) is 60.5 Å². The SMILES string of the molecule is C=C(NC(C(=O)N1CCCC1C(=O)NC(CC(C)C(C)(F)F)C(=C)C(=O)NCC(=O)NC(C=O)c1ccccc1)C(C)CCCCC)OC(C)C.CC.CC.CCC.CCCCN(C)CC. The van der Waals surface area contributed by atoms with Crippen LogP contribution in [0.3, 0.4) is 0 Å². The largest absolute Gasteiger partial charge is 0.477 e. The summed E-state index contributed by atoms with van der Waals surface area (Å²) < 4.78 is 34.4. The van der Waals surface area contributed by atoms with Gasteiger partial charge in [-0.2, -0.15) is 0 Å². The molecule has 4 amide bonds. The maximum absolute atomic E-state index is 14.4. The lowest BCUT2D eigenvalue weighted by Crippen LogP contribution is -2.56. The van der Waals surface area contributed by atoms with Gasteiger partial charge in [0.15, 0.2) is 5.88 Å². The first-order chi connectivity index (χ1) is 31.2. The number of likely N-dealkylation sites (tertiary alicyclic amines) is 1. The first kappa shape index (κ1) is 65.9. The van der Waals surface area contributed by atoms with Crippen LogP contribution < -0.4 is 21.3 Å². The molecular weight excluding hydrogens is 843 g/mol. The molecule has 0 saturated carbocycles. The van der Waals surface area contributed by atoms with Gasteiger partial charge in [-0.05, 0) is 91.1 Å². The van der Waals surface area contributed by atoms with Crippen LogP contribution in [0.2, 0.25) is 0 Å². The Balaban J connectivity index is -0.00000230. The number of hydrogen-bond donors (Lipinski definition) is 4. The van der Waals surface area contributed by atoms with Gasteiger partial charge < -0.3 is 40.6 Å². The monoisotopic (exact) mass is 937 g/mol. The van der Waals surface area contributed by atoms with Gasteiger partial charge in [0, 0.05) is 18.0 Å². The molecule has 1 aliphatic rings. The van der Waals surface area contributed by atoms with Gasteiger partial charge in [0.05, 0.1) is 18.7 Å². The quantitative estimate of drug-likeness (QED) is 0.0311. The number of rotatable bonds is 26. The first-order valence-electron chi connectivity index (χ1n) is 24.8. The standard InChI is InChI=1S/C38H57F2N5O6.C7H17N.C3H8.2C2H6/c1-9-10-12-16-25(4)34(42-28(7)51-24(2)3)37(50)45-20-15-19-32(45)36(49)44-30(21-26(5)38(8,39)40)27(6)35(48)41-22-33(47)43-31(23-46)29-17-13-11-14-18-29;1-4-6-7-8(3)5-2;1-3-2;2*1-2/h11,13-14,17-18,23-26,30-32,34,42H,6-7,9-10,12,15-16,19-22H2,1-5,8H3,(H,41,48)(H,43,47)(H,44,49);4-7H2,1-3H3;3H2,1-2H3;2*1-2H3. The van der Waals surface area contributed by atoms with Gasteiger partial charge in [0.2, 0.25) is 29.6 Å². The highest BCUT2D eigenvalue weighted by molar-refractivity contribution is 5.98. The average molecular weight is 937 g/mol. The van der Waals surface area contributed by atoms with Crippen molar-refractivity contribution in [1.82, 2.24) is 31.1 Å². The molecule has 1 aliphatic heterocycles. The zero-order valence-corrected chi connectivity index (χ0v) is 43.9. The van der Waals surface area contributed by atoms with E-state index in [4.69, 9.17) is 4.74 Å². The van der Waals surface area contributed by atoms with Crippen molar-refractivity contribution in [2.24, 2.45) is 11.8 Å². The van der Waals surface area contributed by atoms with Crippen LogP contribution in [0.25, 0.3) is 0 Å². The second kappa shape index (κ2) is 38.7. The summed E-state index contributed by atoms with van der Waals surface area (Å²) in [7, 11) is 2.16. The molecule has 66 heavy (non-hydrogen) atoms. The number of aldehydes is 1. The van der Waals surface area contributed by atoms with E-state index in [1.165, 1.54) is 44.2 Å². The molecule has 14 heteroatoms. The molecule has 12 nitrogen and oxygen atoms in total. The molecule has 1 aromatic carbocycles. The fraction of sp³-hybridized carbons (Fsp3) is 0.712. The molecule has 0 aromatic heterocycles. The number of carbonyl (C=O) groups is 5. The Hall–Kier alpha value is -4.33. The van der Waals surface area contributed by atoms with Crippen LogP contribution in [0.5, 0.6) is 0 Å². The minimum Gasteiger partial charge on any atom is -0.477 e. The van der Waals surface area contributed by atoms with E-state index in [9.17, 15) is 32.8 Å². The number of amides is 4. The zero-order valence-electron chi connectivity index (χ0n) is 43.9. The van der Waals surface area contributed by atoms with Crippen LogP contribution in [0.15, 0.2) is 54.9 Å². The normalized spacial score (nSPS) is 15.1. The summed E-state index contributed by atoms with van der Waals surface area (Å²) >= 11 is 0. The summed E-state index contributed by atoms with van der Waals surface area (Å²) in [6.07, 6.45) is 8.54. The maximum atomic E-state index is 14.4. The first-order valence-corrected chi connectivity index (χ1v) is 24.8. The number of nitrogens with one attached hydrogen (secondary N) is 4. The molecule has 0 aliphatic carbocycles. The Morgan fingerprint density at radius 3 is 1.98 bits per heavy atom. The minimum absolute atomic E-state index is 0.114. The third-order valence-electron chi connectivity index (χ3n) is 10.6. The number of hydrogen-bond acceptors (Lipinski definition) is 8. The Kier molecular flexibility index (Phi) is 38.7. The molecule has 0 bridgehead atoms. The smallest absolute Gasteiger partial charge is 0.249 e. The van der Waals surface area contributed by atoms with E-state index in [-0.39, 0.29) is 35.8 Å². The highest BCUT2D eigenvalue weighted by Crippen LogP contribution is 2.29.